The van der Waals surface area contributed by atoms with Crippen LogP contribution in [0.15, 0.2) is 30.3 Å². The lowest BCUT2D eigenvalue weighted by Crippen LogP contribution is -2.54. The van der Waals surface area contributed by atoms with Gasteiger partial charge in [-0.3, -0.25) is 14.4 Å². The van der Waals surface area contributed by atoms with E-state index in [0.717, 1.165) is 12.8 Å². The van der Waals surface area contributed by atoms with Crippen molar-refractivity contribution in [2.45, 2.75) is 78.9 Å². The smallest absolute Gasteiger partial charge is 0.307 e. The molecule has 0 spiro atoms. The Kier molecular flexibility index (Phi) is 9.53. The minimum atomic E-state index is -0.690. The van der Waals surface area contributed by atoms with Gasteiger partial charge in [0.05, 0.1) is 6.42 Å². The molecule has 2 amide bonds. The molecule has 0 radical (unpaired) electrons. The van der Waals surface area contributed by atoms with Crippen LogP contribution in [0, 0.1) is 11.3 Å². The molecule has 2 atom stereocenters. The number of hydrogen-bond acceptors (Lipinski definition) is 4. The number of likely N-dealkylation sites (N-methyl/N-ethyl adjacent to an activating group) is 1. The Labute approximate surface area is 181 Å². The van der Waals surface area contributed by atoms with Gasteiger partial charge in [0.25, 0.3) is 0 Å². The van der Waals surface area contributed by atoms with Crippen LogP contribution in [0.2, 0.25) is 0 Å². The first-order valence-electron chi connectivity index (χ1n) is 10.6. The first-order chi connectivity index (χ1) is 13.8. The number of benzene rings is 1. The van der Waals surface area contributed by atoms with E-state index in [1.807, 2.05) is 51.1 Å². The largest absolute Gasteiger partial charge is 0.460 e. The molecular formula is C24H38N2O4. The molecule has 2 N–H and O–H groups in total. The maximum absolute atomic E-state index is 13.1. The van der Waals surface area contributed by atoms with Gasteiger partial charge in [-0.15, -0.1) is 0 Å². The molecule has 6 heteroatoms. The summed E-state index contributed by atoms with van der Waals surface area (Å²) in [7, 11) is 1.55. The number of ether oxygens (including phenoxy) is 1. The summed E-state index contributed by atoms with van der Waals surface area (Å²) in [6, 6.07) is 9.34. The van der Waals surface area contributed by atoms with Crippen LogP contribution < -0.4 is 10.6 Å². The number of esters is 1. The summed E-state index contributed by atoms with van der Waals surface area (Å²) < 4.78 is 5.43. The SMILES string of the molecule is CNC(=O)[C@@H](NC(=O)[C@H](CCCc1ccccc1)CC(=O)OC(C)(C)C)C(C)(C)C. The van der Waals surface area contributed by atoms with Gasteiger partial charge in [-0.1, -0.05) is 51.1 Å². The normalized spacial score (nSPS) is 13.8. The Morgan fingerprint density at radius 1 is 0.967 bits per heavy atom. The van der Waals surface area contributed by atoms with Crippen molar-refractivity contribution in [2.75, 3.05) is 7.05 Å². The van der Waals surface area contributed by atoms with Gasteiger partial charge in [-0.05, 0) is 51.0 Å². The summed E-state index contributed by atoms with van der Waals surface area (Å²) in [4.78, 5) is 37.8. The van der Waals surface area contributed by atoms with Gasteiger partial charge in [0.1, 0.15) is 11.6 Å². The number of carbonyl (C=O) groups is 3. The van der Waals surface area contributed by atoms with Crippen LogP contribution in [0.25, 0.3) is 0 Å². The van der Waals surface area contributed by atoms with E-state index < -0.39 is 28.9 Å². The molecule has 0 aliphatic heterocycles. The molecule has 0 aliphatic rings. The summed E-state index contributed by atoms with van der Waals surface area (Å²) >= 11 is 0. The fourth-order valence-corrected chi connectivity index (χ4v) is 3.19. The van der Waals surface area contributed by atoms with E-state index in [-0.39, 0.29) is 18.2 Å². The molecule has 30 heavy (non-hydrogen) atoms. The molecule has 0 heterocycles. The molecule has 1 rings (SSSR count). The van der Waals surface area contributed by atoms with Gasteiger partial charge in [-0.25, -0.2) is 0 Å². The average Bonchev–Trinajstić information content (AvgIpc) is 2.63. The zero-order chi connectivity index (χ0) is 22.9. The van der Waals surface area contributed by atoms with Gasteiger partial charge in [0.2, 0.25) is 11.8 Å². The number of rotatable bonds is 9. The third-order valence-electron chi connectivity index (χ3n) is 4.73. The Hall–Kier alpha value is -2.37. The van der Waals surface area contributed by atoms with Crippen molar-refractivity contribution in [1.82, 2.24) is 10.6 Å². The highest BCUT2D eigenvalue weighted by molar-refractivity contribution is 5.90. The van der Waals surface area contributed by atoms with Crippen molar-refractivity contribution in [3.63, 3.8) is 0 Å². The van der Waals surface area contributed by atoms with Crippen molar-refractivity contribution in [3.8, 4) is 0 Å². The van der Waals surface area contributed by atoms with Crippen molar-refractivity contribution in [2.24, 2.45) is 11.3 Å². The van der Waals surface area contributed by atoms with E-state index in [1.165, 1.54) is 5.56 Å². The molecule has 0 unspecified atom stereocenters. The lowest BCUT2D eigenvalue weighted by atomic mass is 9.85. The molecule has 168 valence electrons. The van der Waals surface area contributed by atoms with Gasteiger partial charge >= 0.3 is 5.97 Å². The molecule has 1 aromatic carbocycles. The molecule has 0 aliphatic carbocycles. The Morgan fingerprint density at radius 2 is 1.57 bits per heavy atom. The average molecular weight is 419 g/mol. The minimum Gasteiger partial charge on any atom is -0.460 e. The lowest BCUT2D eigenvalue weighted by Gasteiger charge is -2.31. The van der Waals surface area contributed by atoms with Crippen molar-refractivity contribution >= 4 is 17.8 Å². The molecule has 6 nitrogen and oxygen atoms in total. The first-order valence-corrected chi connectivity index (χ1v) is 10.6. The van der Waals surface area contributed by atoms with Crippen LogP contribution in [-0.2, 0) is 25.5 Å². The quantitative estimate of drug-likeness (QED) is 0.600. The number of amides is 2. The minimum absolute atomic E-state index is 0.0114. The van der Waals surface area contributed by atoms with Crippen LogP contribution >= 0.6 is 0 Å². The van der Waals surface area contributed by atoms with Crippen LogP contribution in [0.4, 0.5) is 0 Å². The maximum Gasteiger partial charge on any atom is 0.307 e. The van der Waals surface area contributed by atoms with Gasteiger partial charge in [0.15, 0.2) is 0 Å². The summed E-state index contributed by atoms with van der Waals surface area (Å²) in [5, 5.41) is 5.47. The zero-order valence-electron chi connectivity index (χ0n) is 19.5. The predicted molar refractivity (Wildman–Crippen MR) is 119 cm³/mol. The molecule has 0 saturated carbocycles. The topological polar surface area (TPSA) is 84.5 Å². The van der Waals surface area contributed by atoms with Gasteiger partial charge in [0, 0.05) is 13.0 Å². The van der Waals surface area contributed by atoms with Crippen LogP contribution in [0.3, 0.4) is 0 Å². The summed E-state index contributed by atoms with van der Waals surface area (Å²) in [6.45, 7) is 11.1. The second-order valence-corrected chi connectivity index (χ2v) is 9.79. The summed E-state index contributed by atoms with van der Waals surface area (Å²) in [5.74, 6) is -1.51. The monoisotopic (exact) mass is 418 g/mol. The molecule has 0 aromatic heterocycles. The van der Waals surface area contributed by atoms with E-state index in [9.17, 15) is 14.4 Å². The van der Waals surface area contributed by atoms with Crippen LogP contribution in [0.1, 0.15) is 66.4 Å². The summed E-state index contributed by atoms with van der Waals surface area (Å²) in [5.41, 5.74) is 0.112. The number of hydrogen-bond donors (Lipinski definition) is 2. The second kappa shape index (κ2) is 11.1. The number of aryl methyl sites for hydroxylation is 1. The number of nitrogens with one attached hydrogen (secondary N) is 2. The van der Waals surface area contributed by atoms with Crippen molar-refractivity contribution in [3.05, 3.63) is 35.9 Å². The number of carbonyl (C=O) groups excluding carboxylic acids is 3. The molecule has 0 saturated heterocycles. The van der Waals surface area contributed by atoms with Gasteiger partial charge < -0.3 is 15.4 Å². The lowest BCUT2D eigenvalue weighted by molar-refractivity contribution is -0.157. The van der Waals surface area contributed by atoms with Crippen LogP contribution in [0.5, 0.6) is 0 Å². The Morgan fingerprint density at radius 3 is 2.07 bits per heavy atom. The fourth-order valence-electron chi connectivity index (χ4n) is 3.19. The van der Waals surface area contributed by atoms with Crippen molar-refractivity contribution in [1.29, 1.82) is 0 Å². The second-order valence-electron chi connectivity index (χ2n) is 9.79. The molecular weight excluding hydrogens is 380 g/mol. The Balaban J connectivity index is 2.89. The molecule has 1 aromatic rings. The maximum atomic E-state index is 13.1. The standard InChI is InChI=1S/C24H38N2O4/c1-23(2,3)20(22(29)25-7)26-21(28)18(16-19(27)30-24(4,5)6)15-11-14-17-12-9-8-10-13-17/h8-10,12-13,18,20H,11,14-16H2,1-7H3,(H,25,29)(H,26,28)/t18-,20-/m1/s1. The van der Waals surface area contributed by atoms with Crippen LogP contribution in [-0.4, -0.2) is 36.5 Å². The Bertz CT molecular complexity index is 702. The first kappa shape index (κ1) is 25.7. The van der Waals surface area contributed by atoms with E-state index in [0.29, 0.717) is 6.42 Å². The van der Waals surface area contributed by atoms with Crippen molar-refractivity contribution < 1.29 is 19.1 Å². The van der Waals surface area contributed by atoms with Gasteiger partial charge in [-0.2, -0.15) is 0 Å². The highest BCUT2D eigenvalue weighted by Crippen LogP contribution is 2.22. The fraction of sp³-hybridized carbons (Fsp3) is 0.625. The van der Waals surface area contributed by atoms with E-state index in [2.05, 4.69) is 10.6 Å². The highest BCUT2D eigenvalue weighted by Gasteiger charge is 2.34. The van der Waals surface area contributed by atoms with E-state index in [4.69, 9.17) is 4.74 Å². The predicted octanol–water partition coefficient (Wildman–Crippen LogP) is 3.63. The van der Waals surface area contributed by atoms with E-state index in [1.54, 1.807) is 27.8 Å². The van der Waals surface area contributed by atoms with E-state index >= 15 is 0 Å². The molecule has 0 bridgehead atoms. The third kappa shape index (κ3) is 9.42. The highest BCUT2D eigenvalue weighted by atomic mass is 16.6. The zero-order valence-corrected chi connectivity index (χ0v) is 19.5. The summed E-state index contributed by atoms with van der Waals surface area (Å²) in [6.07, 6.45) is 2.09. The molecule has 0 fully saturated rings. The third-order valence-corrected chi connectivity index (χ3v) is 4.73.